The summed E-state index contributed by atoms with van der Waals surface area (Å²) in [5, 5.41) is 24.8. The summed E-state index contributed by atoms with van der Waals surface area (Å²) < 4.78 is 4.21. The molecular formula is C6H4N4O4. The van der Waals surface area contributed by atoms with Crippen molar-refractivity contribution in [3.05, 3.63) is 27.5 Å². The molecule has 0 aliphatic carbocycles. The highest BCUT2D eigenvalue weighted by molar-refractivity contribution is 5.90. The summed E-state index contributed by atoms with van der Waals surface area (Å²) in [5.74, 6) is 0. The summed E-state index contributed by atoms with van der Waals surface area (Å²) >= 11 is 0. The van der Waals surface area contributed by atoms with Crippen LogP contribution in [-0.4, -0.2) is 10.1 Å². The lowest BCUT2D eigenvalue weighted by molar-refractivity contribution is -0.783. The average molecular weight is 196 g/mol. The molecule has 0 aliphatic heterocycles. The Hall–Kier alpha value is -2.38. The van der Waals surface area contributed by atoms with Crippen molar-refractivity contribution in [3.63, 3.8) is 0 Å². The van der Waals surface area contributed by atoms with E-state index in [4.69, 9.17) is 5.73 Å². The summed E-state index contributed by atoms with van der Waals surface area (Å²) in [6.45, 7) is 0. The summed E-state index contributed by atoms with van der Waals surface area (Å²) in [7, 11) is 0. The molecule has 2 rings (SSSR count). The van der Waals surface area contributed by atoms with E-state index < -0.39 is 4.92 Å². The van der Waals surface area contributed by atoms with E-state index in [-0.39, 0.29) is 27.3 Å². The van der Waals surface area contributed by atoms with E-state index in [1.807, 2.05) is 0 Å². The molecule has 8 nitrogen and oxygen atoms in total. The number of nitrogen functional groups attached to an aromatic ring is 1. The van der Waals surface area contributed by atoms with E-state index in [2.05, 4.69) is 9.79 Å². The van der Waals surface area contributed by atoms with Gasteiger partial charge in [-0.1, -0.05) is 0 Å². The Labute approximate surface area is 76.2 Å². The molecule has 2 N–H and O–H groups in total. The van der Waals surface area contributed by atoms with Crippen molar-refractivity contribution < 1.29 is 14.5 Å². The third-order valence-electron chi connectivity index (χ3n) is 1.75. The molecule has 0 fully saturated rings. The minimum atomic E-state index is -0.701. The lowest BCUT2D eigenvalue weighted by Crippen LogP contribution is -2.23. The second kappa shape index (κ2) is 2.55. The zero-order chi connectivity index (χ0) is 10.3. The topological polar surface area (TPSA) is 122 Å². The van der Waals surface area contributed by atoms with E-state index in [0.29, 0.717) is 0 Å². The fraction of sp³-hybridized carbons (Fsp3) is 0. The molecular weight excluding hydrogens is 192 g/mol. The quantitative estimate of drug-likeness (QED) is 0.295. The molecule has 0 atom stereocenters. The van der Waals surface area contributed by atoms with Crippen LogP contribution in [0.4, 0.5) is 11.4 Å². The first-order chi connectivity index (χ1) is 6.61. The fourth-order valence-corrected chi connectivity index (χ4v) is 1.13. The highest BCUT2D eigenvalue weighted by atomic mass is 16.8. The SMILES string of the molecule is Nc1ccc([N+](=O)[O-])c2c1no[n+]2[O-]. The average Bonchev–Trinajstić information content (AvgIpc) is 2.50. The number of aromatic nitrogens is 2. The van der Waals surface area contributed by atoms with Gasteiger partial charge in [0.2, 0.25) is 0 Å². The van der Waals surface area contributed by atoms with Gasteiger partial charge in [0, 0.05) is 11.2 Å². The minimum absolute atomic E-state index is 0.00537. The number of non-ortho nitro benzene ring substituents is 1. The van der Waals surface area contributed by atoms with Gasteiger partial charge < -0.3 is 10.9 Å². The number of anilines is 1. The third kappa shape index (κ3) is 0.937. The maximum Gasteiger partial charge on any atom is 0.324 e. The monoisotopic (exact) mass is 196 g/mol. The molecule has 0 unspecified atom stereocenters. The van der Waals surface area contributed by atoms with Crippen molar-refractivity contribution in [3.8, 4) is 0 Å². The highest BCUT2D eigenvalue weighted by Gasteiger charge is 2.24. The molecule has 0 spiro atoms. The van der Waals surface area contributed by atoms with Gasteiger partial charge >= 0.3 is 11.2 Å². The van der Waals surface area contributed by atoms with Crippen LogP contribution in [0.2, 0.25) is 0 Å². The van der Waals surface area contributed by atoms with Gasteiger partial charge in [-0.25, -0.2) is 0 Å². The minimum Gasteiger partial charge on any atom is -0.395 e. The Bertz CT molecular complexity index is 520. The maximum absolute atomic E-state index is 11.0. The van der Waals surface area contributed by atoms with Gasteiger partial charge in [-0.3, -0.25) is 14.7 Å². The molecule has 1 aromatic heterocycles. The van der Waals surface area contributed by atoms with Crippen molar-refractivity contribution >= 4 is 22.4 Å². The van der Waals surface area contributed by atoms with E-state index in [1.165, 1.54) is 6.07 Å². The first kappa shape index (κ1) is 8.23. The fourth-order valence-electron chi connectivity index (χ4n) is 1.13. The van der Waals surface area contributed by atoms with Crippen molar-refractivity contribution in [2.45, 2.75) is 0 Å². The van der Waals surface area contributed by atoms with Crippen LogP contribution in [0.25, 0.3) is 11.0 Å². The van der Waals surface area contributed by atoms with E-state index in [9.17, 15) is 15.3 Å². The molecule has 0 amide bonds. The van der Waals surface area contributed by atoms with Crippen molar-refractivity contribution in [1.29, 1.82) is 0 Å². The summed E-state index contributed by atoms with van der Waals surface area (Å²) in [5.41, 5.74) is 4.94. The molecule has 0 radical (unpaired) electrons. The van der Waals surface area contributed by atoms with Crippen LogP contribution in [0, 0.1) is 15.3 Å². The van der Waals surface area contributed by atoms with Gasteiger partial charge in [0.05, 0.1) is 10.6 Å². The lowest BCUT2D eigenvalue weighted by atomic mass is 10.2. The molecule has 1 heterocycles. The van der Waals surface area contributed by atoms with Crippen LogP contribution >= 0.6 is 0 Å². The normalized spacial score (nSPS) is 10.6. The molecule has 0 saturated heterocycles. The zero-order valence-corrected chi connectivity index (χ0v) is 6.71. The number of nitrogens with zero attached hydrogens (tertiary/aromatic N) is 3. The lowest BCUT2D eigenvalue weighted by Gasteiger charge is -1.92. The largest absolute Gasteiger partial charge is 0.395 e. The van der Waals surface area contributed by atoms with Crippen LogP contribution in [-0.2, 0) is 0 Å². The van der Waals surface area contributed by atoms with Crippen LogP contribution in [0.1, 0.15) is 0 Å². The van der Waals surface area contributed by atoms with E-state index in [1.54, 1.807) is 0 Å². The Morgan fingerprint density at radius 3 is 2.93 bits per heavy atom. The van der Waals surface area contributed by atoms with Crippen LogP contribution in [0.15, 0.2) is 16.8 Å². The van der Waals surface area contributed by atoms with Gasteiger partial charge in [-0.05, 0) is 11.0 Å². The highest BCUT2D eigenvalue weighted by Crippen LogP contribution is 2.25. The first-order valence-electron chi connectivity index (χ1n) is 3.53. The molecule has 0 aliphatic rings. The van der Waals surface area contributed by atoms with Gasteiger partial charge in [-0.15, -0.1) is 0 Å². The molecule has 72 valence electrons. The second-order valence-corrected chi connectivity index (χ2v) is 2.56. The number of nitro benzene ring substituents is 1. The predicted molar refractivity (Wildman–Crippen MR) is 44.0 cm³/mol. The Morgan fingerprint density at radius 1 is 1.57 bits per heavy atom. The summed E-state index contributed by atoms with van der Waals surface area (Å²) in [6.07, 6.45) is 0. The zero-order valence-electron chi connectivity index (χ0n) is 6.71. The smallest absolute Gasteiger partial charge is 0.324 e. The Balaban J connectivity index is 2.92. The number of hydrogen-bond donors (Lipinski definition) is 1. The molecule has 14 heavy (non-hydrogen) atoms. The molecule has 8 heteroatoms. The van der Waals surface area contributed by atoms with Gasteiger partial charge in [0.15, 0.2) is 0 Å². The molecule has 0 bridgehead atoms. The van der Waals surface area contributed by atoms with E-state index in [0.717, 1.165) is 6.07 Å². The number of hydrogen-bond acceptors (Lipinski definition) is 6. The standard InChI is InChI=1S/C6H4N4O4/c7-3-1-2-4(9(11)12)6-5(3)8-14-10(6)13/h1-2H,7H2. The summed E-state index contributed by atoms with van der Waals surface area (Å²) in [4.78, 5) is 9.78. The number of nitro groups is 1. The van der Waals surface area contributed by atoms with Crippen LogP contribution in [0.3, 0.4) is 0 Å². The number of fused-ring (bicyclic) bond motifs is 1. The molecule has 0 saturated carbocycles. The predicted octanol–water partition coefficient (Wildman–Crippen LogP) is -0.0484. The van der Waals surface area contributed by atoms with E-state index >= 15 is 0 Å². The third-order valence-corrected chi connectivity index (χ3v) is 1.75. The molecule has 1 aromatic carbocycles. The van der Waals surface area contributed by atoms with Crippen molar-refractivity contribution in [2.24, 2.45) is 0 Å². The first-order valence-corrected chi connectivity index (χ1v) is 3.53. The molecule has 2 aromatic rings. The van der Waals surface area contributed by atoms with Gasteiger partial charge in [0.25, 0.3) is 5.52 Å². The van der Waals surface area contributed by atoms with Crippen molar-refractivity contribution in [2.75, 3.05) is 5.73 Å². The van der Waals surface area contributed by atoms with Crippen LogP contribution in [0.5, 0.6) is 0 Å². The van der Waals surface area contributed by atoms with Gasteiger partial charge in [-0.2, -0.15) is 0 Å². The van der Waals surface area contributed by atoms with Crippen molar-refractivity contribution in [1.82, 2.24) is 5.16 Å². The van der Waals surface area contributed by atoms with Gasteiger partial charge in [0.1, 0.15) is 0 Å². The number of benzene rings is 1. The second-order valence-electron chi connectivity index (χ2n) is 2.56. The Morgan fingerprint density at radius 2 is 2.29 bits per heavy atom. The maximum atomic E-state index is 11.0. The Kier molecular flexibility index (Phi) is 1.50. The summed E-state index contributed by atoms with van der Waals surface area (Å²) in [6, 6.07) is 2.42. The number of nitrogens with two attached hydrogens (primary N) is 1. The number of rotatable bonds is 1. The van der Waals surface area contributed by atoms with Crippen LogP contribution < -0.4 is 10.6 Å².